The SMILES string of the molecule is O=C(c1cnc(N2CCC3CCCCC32)c(Cl)c1)N1CCOCC1. The van der Waals surface area contributed by atoms with Crippen molar-refractivity contribution in [1.29, 1.82) is 0 Å². The summed E-state index contributed by atoms with van der Waals surface area (Å²) >= 11 is 6.52. The molecular formula is C18H24ClN3O2. The van der Waals surface area contributed by atoms with Crippen molar-refractivity contribution in [2.45, 2.75) is 38.1 Å². The lowest BCUT2D eigenvalue weighted by Crippen LogP contribution is -2.40. The molecule has 3 fully saturated rings. The van der Waals surface area contributed by atoms with E-state index in [2.05, 4.69) is 9.88 Å². The van der Waals surface area contributed by atoms with Crippen LogP contribution in [-0.4, -0.2) is 54.7 Å². The minimum Gasteiger partial charge on any atom is -0.378 e. The molecular weight excluding hydrogens is 326 g/mol. The third-order valence-electron chi connectivity index (χ3n) is 5.65. The topological polar surface area (TPSA) is 45.7 Å². The first-order valence-corrected chi connectivity index (χ1v) is 9.41. The Morgan fingerprint density at radius 1 is 1.17 bits per heavy atom. The first kappa shape index (κ1) is 16.2. The smallest absolute Gasteiger partial charge is 0.255 e. The minimum atomic E-state index is -0.00350. The fourth-order valence-corrected chi connectivity index (χ4v) is 4.65. The fraction of sp³-hybridized carbons (Fsp3) is 0.667. The number of anilines is 1. The van der Waals surface area contributed by atoms with Crippen LogP contribution in [0.4, 0.5) is 5.82 Å². The highest BCUT2D eigenvalue weighted by Crippen LogP contribution is 2.40. The van der Waals surface area contributed by atoms with Gasteiger partial charge >= 0.3 is 0 Å². The van der Waals surface area contributed by atoms with Crippen LogP contribution >= 0.6 is 11.6 Å². The zero-order chi connectivity index (χ0) is 16.5. The van der Waals surface area contributed by atoms with E-state index < -0.39 is 0 Å². The molecule has 1 aliphatic carbocycles. The molecule has 0 aromatic carbocycles. The van der Waals surface area contributed by atoms with Crippen molar-refractivity contribution in [3.63, 3.8) is 0 Å². The molecule has 1 aromatic heterocycles. The van der Waals surface area contributed by atoms with Gasteiger partial charge in [-0.15, -0.1) is 0 Å². The molecule has 3 heterocycles. The van der Waals surface area contributed by atoms with E-state index in [0.717, 1.165) is 18.3 Å². The van der Waals surface area contributed by atoms with Crippen molar-refractivity contribution in [3.8, 4) is 0 Å². The quantitative estimate of drug-likeness (QED) is 0.823. The monoisotopic (exact) mass is 349 g/mol. The number of amides is 1. The molecule has 2 saturated heterocycles. The van der Waals surface area contributed by atoms with Crippen LogP contribution in [0.25, 0.3) is 0 Å². The van der Waals surface area contributed by atoms with Crippen LogP contribution in [0.5, 0.6) is 0 Å². The Morgan fingerprint density at radius 2 is 1.96 bits per heavy atom. The Bertz CT molecular complexity index is 618. The summed E-state index contributed by atoms with van der Waals surface area (Å²) in [6.45, 7) is 3.49. The minimum absolute atomic E-state index is 0.00350. The number of nitrogens with zero attached hydrogens (tertiary/aromatic N) is 3. The Labute approximate surface area is 147 Å². The van der Waals surface area contributed by atoms with Crippen molar-refractivity contribution in [2.75, 3.05) is 37.7 Å². The number of aromatic nitrogens is 1. The van der Waals surface area contributed by atoms with Crippen LogP contribution in [-0.2, 0) is 4.74 Å². The maximum absolute atomic E-state index is 12.6. The van der Waals surface area contributed by atoms with Crippen LogP contribution < -0.4 is 4.90 Å². The number of carbonyl (C=O) groups excluding carboxylic acids is 1. The summed E-state index contributed by atoms with van der Waals surface area (Å²) in [6.07, 6.45) is 8.13. The highest BCUT2D eigenvalue weighted by molar-refractivity contribution is 6.33. The van der Waals surface area contributed by atoms with E-state index in [1.165, 1.54) is 32.1 Å². The number of hydrogen-bond donors (Lipinski definition) is 0. The first-order chi connectivity index (χ1) is 11.7. The number of halogens is 1. The molecule has 3 aliphatic rings. The van der Waals surface area contributed by atoms with Gasteiger partial charge in [0.05, 0.1) is 23.8 Å². The third kappa shape index (κ3) is 3.00. The van der Waals surface area contributed by atoms with E-state index in [1.54, 1.807) is 12.3 Å². The molecule has 1 aromatic rings. The van der Waals surface area contributed by atoms with E-state index in [0.29, 0.717) is 42.9 Å². The lowest BCUT2D eigenvalue weighted by molar-refractivity contribution is 0.0302. The lowest BCUT2D eigenvalue weighted by Gasteiger charge is -2.33. The summed E-state index contributed by atoms with van der Waals surface area (Å²) < 4.78 is 5.30. The van der Waals surface area contributed by atoms with Crippen LogP contribution in [0.3, 0.4) is 0 Å². The molecule has 24 heavy (non-hydrogen) atoms. The molecule has 4 rings (SSSR count). The largest absolute Gasteiger partial charge is 0.378 e. The van der Waals surface area contributed by atoms with E-state index in [1.807, 2.05) is 4.90 Å². The fourth-order valence-electron chi connectivity index (χ4n) is 4.38. The average molecular weight is 350 g/mol. The maximum atomic E-state index is 12.6. The maximum Gasteiger partial charge on any atom is 0.255 e. The van der Waals surface area contributed by atoms with Crippen molar-refractivity contribution in [3.05, 3.63) is 22.8 Å². The Hall–Kier alpha value is -1.33. The normalized spacial score (nSPS) is 27.2. The highest BCUT2D eigenvalue weighted by atomic mass is 35.5. The summed E-state index contributed by atoms with van der Waals surface area (Å²) in [5, 5.41) is 0.598. The second-order valence-electron chi connectivity index (χ2n) is 7.03. The zero-order valence-corrected chi connectivity index (χ0v) is 14.7. The van der Waals surface area contributed by atoms with Gasteiger partial charge in [-0.05, 0) is 31.2 Å². The van der Waals surface area contributed by atoms with Gasteiger partial charge in [-0.25, -0.2) is 4.98 Å². The number of hydrogen-bond acceptors (Lipinski definition) is 4. The van der Waals surface area contributed by atoms with Crippen LogP contribution in [0.15, 0.2) is 12.3 Å². The highest BCUT2D eigenvalue weighted by Gasteiger charge is 2.37. The molecule has 0 spiro atoms. The number of pyridine rings is 1. The van der Waals surface area contributed by atoms with Gasteiger partial charge in [-0.2, -0.15) is 0 Å². The van der Waals surface area contributed by atoms with Gasteiger partial charge < -0.3 is 14.5 Å². The zero-order valence-electron chi connectivity index (χ0n) is 13.9. The number of ether oxygens (including phenoxy) is 1. The number of carbonyl (C=O) groups is 1. The number of rotatable bonds is 2. The molecule has 2 aliphatic heterocycles. The summed E-state index contributed by atoms with van der Waals surface area (Å²) in [5.41, 5.74) is 0.574. The van der Waals surface area contributed by atoms with Crippen LogP contribution in [0.2, 0.25) is 5.02 Å². The van der Waals surface area contributed by atoms with Crippen molar-refractivity contribution >= 4 is 23.3 Å². The Balaban J connectivity index is 1.52. The lowest BCUT2D eigenvalue weighted by atomic mass is 9.85. The van der Waals surface area contributed by atoms with Gasteiger partial charge in [0, 0.05) is 31.9 Å². The number of morpholine rings is 1. The molecule has 1 saturated carbocycles. The standard InChI is InChI=1S/C18H24ClN3O2/c19-15-11-14(18(23)21-7-9-24-10-8-21)12-20-17(15)22-6-5-13-3-1-2-4-16(13)22/h11-13,16H,1-10H2. The van der Waals surface area contributed by atoms with Crippen molar-refractivity contribution < 1.29 is 9.53 Å². The molecule has 2 atom stereocenters. The molecule has 0 N–H and O–H groups in total. The van der Waals surface area contributed by atoms with E-state index >= 15 is 0 Å². The summed E-state index contributed by atoms with van der Waals surface area (Å²) in [5.74, 6) is 1.63. The van der Waals surface area contributed by atoms with Gasteiger partial charge in [-0.1, -0.05) is 24.4 Å². The Morgan fingerprint density at radius 3 is 2.75 bits per heavy atom. The van der Waals surface area contributed by atoms with Gasteiger partial charge in [0.25, 0.3) is 5.91 Å². The molecule has 1 amide bonds. The molecule has 0 bridgehead atoms. The van der Waals surface area contributed by atoms with Crippen molar-refractivity contribution in [2.24, 2.45) is 5.92 Å². The Kier molecular flexibility index (Phi) is 4.63. The second-order valence-corrected chi connectivity index (χ2v) is 7.44. The van der Waals surface area contributed by atoms with Gasteiger partial charge in [-0.3, -0.25) is 4.79 Å². The van der Waals surface area contributed by atoms with E-state index in [-0.39, 0.29) is 5.91 Å². The number of fused-ring (bicyclic) bond motifs is 1. The molecule has 0 radical (unpaired) electrons. The van der Waals surface area contributed by atoms with Crippen molar-refractivity contribution in [1.82, 2.24) is 9.88 Å². The van der Waals surface area contributed by atoms with Gasteiger partial charge in [0.15, 0.2) is 0 Å². The summed E-state index contributed by atoms with van der Waals surface area (Å²) in [4.78, 5) is 21.3. The molecule has 5 nitrogen and oxygen atoms in total. The molecule has 130 valence electrons. The van der Waals surface area contributed by atoms with Crippen LogP contribution in [0, 0.1) is 5.92 Å². The van der Waals surface area contributed by atoms with Crippen LogP contribution in [0.1, 0.15) is 42.5 Å². The molecule has 2 unspecified atom stereocenters. The summed E-state index contributed by atoms with van der Waals surface area (Å²) in [7, 11) is 0. The predicted octanol–water partition coefficient (Wildman–Crippen LogP) is 2.98. The predicted molar refractivity (Wildman–Crippen MR) is 93.7 cm³/mol. The third-order valence-corrected chi connectivity index (χ3v) is 5.93. The molecule has 6 heteroatoms. The summed E-state index contributed by atoms with van der Waals surface area (Å²) in [6, 6.07) is 2.36. The van der Waals surface area contributed by atoms with Gasteiger partial charge in [0.1, 0.15) is 5.82 Å². The average Bonchev–Trinajstić information content (AvgIpc) is 3.06. The van der Waals surface area contributed by atoms with E-state index in [4.69, 9.17) is 16.3 Å². The second kappa shape index (κ2) is 6.89. The van der Waals surface area contributed by atoms with E-state index in [9.17, 15) is 4.79 Å². The first-order valence-electron chi connectivity index (χ1n) is 9.03. The van der Waals surface area contributed by atoms with Gasteiger partial charge in [0.2, 0.25) is 0 Å².